The lowest BCUT2D eigenvalue weighted by molar-refractivity contribution is 0.322. The van der Waals surface area contributed by atoms with Crippen LogP contribution in [0.25, 0.3) is 0 Å². The number of hydrogen-bond donors (Lipinski definition) is 1. The van der Waals surface area contributed by atoms with E-state index in [9.17, 15) is 0 Å². The van der Waals surface area contributed by atoms with E-state index in [2.05, 4.69) is 18.1 Å². The second-order valence-corrected chi connectivity index (χ2v) is 4.81. The lowest BCUT2D eigenvalue weighted by Crippen LogP contribution is -1.93. The van der Waals surface area contributed by atoms with Crippen molar-refractivity contribution >= 4 is 6.21 Å². The fourth-order valence-corrected chi connectivity index (χ4v) is 2.22. The summed E-state index contributed by atoms with van der Waals surface area (Å²) in [5.74, 6) is 0. The highest BCUT2D eigenvalue weighted by Gasteiger charge is 1.99. The molecule has 1 aromatic carbocycles. The summed E-state index contributed by atoms with van der Waals surface area (Å²) in [6.07, 6.45) is 11.9. The van der Waals surface area contributed by atoms with Crippen molar-refractivity contribution in [1.29, 1.82) is 0 Å². The molecular weight excluding hydrogens is 222 g/mol. The number of oxime groups is 1. The minimum absolute atomic E-state index is 1.03. The second kappa shape index (κ2) is 9.69. The second-order valence-electron chi connectivity index (χ2n) is 4.81. The van der Waals surface area contributed by atoms with Crippen LogP contribution in [0.2, 0.25) is 0 Å². The average molecular weight is 247 g/mol. The molecular formula is C16H25NO. The van der Waals surface area contributed by atoms with Gasteiger partial charge in [-0.2, -0.15) is 0 Å². The minimum atomic E-state index is 1.03. The van der Waals surface area contributed by atoms with E-state index in [1.54, 1.807) is 0 Å². The van der Waals surface area contributed by atoms with Gasteiger partial charge in [0.15, 0.2) is 0 Å². The number of unbranched alkanes of at least 4 members (excludes halogenated alkanes) is 6. The summed E-state index contributed by atoms with van der Waals surface area (Å²) in [5.41, 5.74) is 2.31. The van der Waals surface area contributed by atoms with Crippen LogP contribution in [-0.4, -0.2) is 11.4 Å². The molecule has 1 aromatic rings. The number of nitrogens with zero attached hydrogens (tertiary/aromatic N) is 1. The molecule has 0 aliphatic carbocycles. The first-order valence-electron chi connectivity index (χ1n) is 7.13. The Labute approximate surface area is 111 Å². The van der Waals surface area contributed by atoms with Crippen molar-refractivity contribution in [2.24, 2.45) is 5.16 Å². The smallest absolute Gasteiger partial charge is 0.0736 e. The largest absolute Gasteiger partial charge is 0.411 e. The third-order valence-corrected chi connectivity index (χ3v) is 3.30. The van der Waals surface area contributed by atoms with Crippen LogP contribution in [0.3, 0.4) is 0 Å². The average Bonchev–Trinajstić information content (AvgIpc) is 2.40. The molecule has 0 atom stereocenters. The normalized spacial score (nSPS) is 11.2. The molecule has 0 heterocycles. The first kappa shape index (κ1) is 14.7. The molecule has 2 nitrogen and oxygen atoms in total. The molecule has 0 radical (unpaired) electrons. The topological polar surface area (TPSA) is 32.6 Å². The molecule has 1 N–H and O–H groups in total. The molecule has 0 aliphatic heterocycles. The summed E-state index contributed by atoms with van der Waals surface area (Å²) in [6.45, 7) is 2.25. The molecule has 0 aliphatic rings. The highest BCUT2D eigenvalue weighted by atomic mass is 16.4. The van der Waals surface area contributed by atoms with Gasteiger partial charge in [-0.15, -0.1) is 0 Å². The first-order chi connectivity index (χ1) is 8.88. The molecule has 0 bridgehead atoms. The maximum Gasteiger partial charge on any atom is 0.0736 e. The van der Waals surface area contributed by atoms with Gasteiger partial charge in [-0.25, -0.2) is 0 Å². The Morgan fingerprint density at radius 1 is 1.00 bits per heavy atom. The maximum absolute atomic E-state index is 8.61. The summed E-state index contributed by atoms with van der Waals surface area (Å²) in [7, 11) is 0. The Morgan fingerprint density at radius 3 is 2.39 bits per heavy atom. The highest BCUT2D eigenvalue weighted by molar-refractivity contribution is 5.81. The van der Waals surface area contributed by atoms with E-state index in [0.29, 0.717) is 0 Å². The first-order valence-corrected chi connectivity index (χ1v) is 7.13. The van der Waals surface area contributed by atoms with Crippen LogP contribution in [0, 0.1) is 0 Å². The van der Waals surface area contributed by atoms with Crippen molar-refractivity contribution in [3.8, 4) is 0 Å². The lowest BCUT2D eigenvalue weighted by Gasteiger charge is -2.05. The molecule has 0 spiro atoms. The number of benzene rings is 1. The molecule has 0 fully saturated rings. The Balaban J connectivity index is 2.22. The van der Waals surface area contributed by atoms with Gasteiger partial charge in [-0.05, 0) is 24.0 Å². The van der Waals surface area contributed by atoms with Crippen molar-refractivity contribution in [2.75, 3.05) is 0 Å². The van der Waals surface area contributed by atoms with E-state index in [4.69, 9.17) is 5.21 Å². The van der Waals surface area contributed by atoms with Gasteiger partial charge in [0.25, 0.3) is 0 Å². The summed E-state index contributed by atoms with van der Waals surface area (Å²) >= 11 is 0. The zero-order valence-electron chi connectivity index (χ0n) is 11.4. The van der Waals surface area contributed by atoms with Crippen LogP contribution < -0.4 is 0 Å². The van der Waals surface area contributed by atoms with Crippen molar-refractivity contribution < 1.29 is 5.21 Å². The number of aryl methyl sites for hydroxylation is 1. The zero-order valence-corrected chi connectivity index (χ0v) is 11.4. The number of hydrogen-bond acceptors (Lipinski definition) is 2. The standard InChI is InChI=1S/C16H25NO/c1-2-3-4-5-6-7-8-11-15-12-9-10-13-16(15)14-17-18/h9-10,12-14,18H,2-8,11H2,1H3/b17-14-. The van der Waals surface area contributed by atoms with Gasteiger partial charge >= 0.3 is 0 Å². The maximum atomic E-state index is 8.61. The van der Waals surface area contributed by atoms with Crippen LogP contribution in [0.5, 0.6) is 0 Å². The molecule has 2 heteroatoms. The van der Waals surface area contributed by atoms with Crippen LogP contribution in [0.15, 0.2) is 29.4 Å². The third kappa shape index (κ3) is 5.85. The summed E-state index contributed by atoms with van der Waals surface area (Å²) in [6, 6.07) is 8.14. The lowest BCUT2D eigenvalue weighted by atomic mass is 10.0. The van der Waals surface area contributed by atoms with Crippen LogP contribution in [-0.2, 0) is 6.42 Å². The van der Waals surface area contributed by atoms with Crippen molar-refractivity contribution in [3.05, 3.63) is 35.4 Å². The van der Waals surface area contributed by atoms with Crippen molar-refractivity contribution in [1.82, 2.24) is 0 Å². The fourth-order valence-electron chi connectivity index (χ4n) is 2.22. The van der Waals surface area contributed by atoms with E-state index in [1.807, 2.05) is 18.2 Å². The predicted molar refractivity (Wildman–Crippen MR) is 77.5 cm³/mol. The Hall–Kier alpha value is -1.31. The quantitative estimate of drug-likeness (QED) is 0.289. The van der Waals surface area contributed by atoms with Crippen LogP contribution in [0.1, 0.15) is 63.0 Å². The van der Waals surface area contributed by atoms with Gasteiger partial charge < -0.3 is 5.21 Å². The monoisotopic (exact) mass is 247 g/mol. The van der Waals surface area contributed by atoms with Crippen LogP contribution >= 0.6 is 0 Å². The molecule has 0 unspecified atom stereocenters. The Kier molecular flexibility index (Phi) is 7.94. The van der Waals surface area contributed by atoms with E-state index >= 15 is 0 Å². The third-order valence-electron chi connectivity index (χ3n) is 3.30. The highest BCUT2D eigenvalue weighted by Crippen LogP contribution is 2.13. The van der Waals surface area contributed by atoms with Gasteiger partial charge in [0.05, 0.1) is 6.21 Å². The van der Waals surface area contributed by atoms with Gasteiger partial charge in [-0.1, -0.05) is 74.9 Å². The Bertz CT molecular complexity index is 347. The van der Waals surface area contributed by atoms with E-state index in [1.165, 1.54) is 56.7 Å². The molecule has 100 valence electrons. The molecule has 0 aromatic heterocycles. The summed E-state index contributed by atoms with van der Waals surface area (Å²) < 4.78 is 0. The summed E-state index contributed by atoms with van der Waals surface area (Å²) in [5, 5.41) is 11.7. The van der Waals surface area contributed by atoms with Gasteiger partial charge in [-0.3, -0.25) is 0 Å². The number of rotatable bonds is 9. The predicted octanol–water partition coefficient (Wildman–Crippen LogP) is 4.79. The van der Waals surface area contributed by atoms with Crippen LogP contribution in [0.4, 0.5) is 0 Å². The molecule has 0 saturated heterocycles. The summed E-state index contributed by atoms with van der Waals surface area (Å²) in [4.78, 5) is 0. The van der Waals surface area contributed by atoms with Crippen molar-refractivity contribution in [2.45, 2.75) is 58.3 Å². The SMILES string of the molecule is CCCCCCCCCc1ccccc1/C=N\O. The van der Waals surface area contributed by atoms with Gasteiger partial charge in [0, 0.05) is 0 Å². The molecule has 0 saturated carbocycles. The molecule has 1 rings (SSSR count). The zero-order chi connectivity index (χ0) is 13.1. The molecule has 18 heavy (non-hydrogen) atoms. The van der Waals surface area contributed by atoms with E-state index in [-0.39, 0.29) is 0 Å². The van der Waals surface area contributed by atoms with E-state index in [0.717, 1.165) is 12.0 Å². The minimum Gasteiger partial charge on any atom is -0.411 e. The fraction of sp³-hybridized carbons (Fsp3) is 0.562. The van der Waals surface area contributed by atoms with Gasteiger partial charge in [0.2, 0.25) is 0 Å². The Morgan fingerprint density at radius 2 is 1.67 bits per heavy atom. The molecule has 0 amide bonds. The van der Waals surface area contributed by atoms with E-state index < -0.39 is 0 Å². The van der Waals surface area contributed by atoms with Gasteiger partial charge in [0.1, 0.15) is 0 Å². The van der Waals surface area contributed by atoms with Crippen molar-refractivity contribution in [3.63, 3.8) is 0 Å².